The van der Waals surface area contributed by atoms with E-state index in [9.17, 15) is 4.57 Å². The highest BCUT2D eigenvalue weighted by molar-refractivity contribution is 7.46. The van der Waals surface area contributed by atoms with Crippen LogP contribution in [0.5, 0.6) is 0 Å². The minimum absolute atomic E-state index is 0.524. The SMILES string of the molecule is CCCCCCC=CC(C[N+](C)(C)C)OP(=O)(O)O. The van der Waals surface area contributed by atoms with Crippen LogP contribution in [-0.2, 0) is 9.09 Å². The van der Waals surface area contributed by atoms with Gasteiger partial charge in [-0.05, 0) is 12.8 Å². The maximum atomic E-state index is 10.9. The first-order valence-corrected chi connectivity index (χ1v) is 8.38. The molecule has 0 saturated carbocycles. The monoisotopic (exact) mass is 294 g/mol. The van der Waals surface area contributed by atoms with E-state index in [-0.39, 0.29) is 0 Å². The summed E-state index contributed by atoms with van der Waals surface area (Å²) in [6.07, 6.45) is 8.85. The van der Waals surface area contributed by atoms with Gasteiger partial charge in [0.1, 0.15) is 12.6 Å². The quantitative estimate of drug-likeness (QED) is 0.281. The van der Waals surface area contributed by atoms with Crippen LogP contribution in [0.2, 0.25) is 0 Å². The molecule has 1 atom stereocenters. The van der Waals surface area contributed by atoms with E-state index in [4.69, 9.17) is 14.3 Å². The van der Waals surface area contributed by atoms with Crippen molar-refractivity contribution in [2.24, 2.45) is 0 Å². The van der Waals surface area contributed by atoms with Crippen LogP contribution in [0.1, 0.15) is 39.0 Å². The van der Waals surface area contributed by atoms with Crippen LogP contribution in [-0.4, -0.2) is 48.1 Å². The molecule has 0 aliphatic carbocycles. The van der Waals surface area contributed by atoms with E-state index < -0.39 is 13.9 Å². The summed E-state index contributed by atoms with van der Waals surface area (Å²) in [6.45, 7) is 2.69. The highest BCUT2D eigenvalue weighted by Crippen LogP contribution is 2.38. The van der Waals surface area contributed by atoms with E-state index in [2.05, 4.69) is 6.92 Å². The number of nitrogens with zero attached hydrogens (tertiary/aromatic N) is 1. The molecule has 6 heteroatoms. The third-order valence-electron chi connectivity index (χ3n) is 2.58. The Morgan fingerprint density at radius 2 is 1.84 bits per heavy atom. The van der Waals surface area contributed by atoms with Crippen LogP contribution in [0, 0.1) is 0 Å². The van der Waals surface area contributed by atoms with Gasteiger partial charge >= 0.3 is 7.82 Å². The van der Waals surface area contributed by atoms with Crippen molar-refractivity contribution in [3.8, 4) is 0 Å². The van der Waals surface area contributed by atoms with Crippen molar-refractivity contribution in [1.29, 1.82) is 0 Å². The van der Waals surface area contributed by atoms with Gasteiger partial charge < -0.3 is 14.3 Å². The molecule has 0 rings (SSSR count). The Bertz CT molecular complexity index is 306. The number of phosphoric ester groups is 1. The summed E-state index contributed by atoms with van der Waals surface area (Å²) in [7, 11) is 1.45. The molecule has 19 heavy (non-hydrogen) atoms. The van der Waals surface area contributed by atoms with Gasteiger partial charge in [-0.2, -0.15) is 0 Å². The molecule has 0 bridgehead atoms. The fourth-order valence-corrected chi connectivity index (χ4v) is 2.27. The summed E-state index contributed by atoms with van der Waals surface area (Å²) in [5, 5.41) is 0. The lowest BCUT2D eigenvalue weighted by molar-refractivity contribution is -0.872. The molecule has 0 radical (unpaired) electrons. The molecule has 0 aromatic rings. The van der Waals surface area contributed by atoms with Gasteiger partial charge in [-0.15, -0.1) is 0 Å². The normalized spacial score (nSPS) is 15.1. The van der Waals surface area contributed by atoms with Gasteiger partial charge in [0.25, 0.3) is 0 Å². The van der Waals surface area contributed by atoms with Crippen LogP contribution in [0.3, 0.4) is 0 Å². The second-order valence-corrected chi connectivity index (χ2v) is 7.08. The van der Waals surface area contributed by atoms with Crippen molar-refractivity contribution in [3.63, 3.8) is 0 Å². The number of allylic oxidation sites excluding steroid dienone is 1. The van der Waals surface area contributed by atoms with E-state index in [1.807, 2.05) is 27.2 Å². The molecule has 0 spiro atoms. The zero-order valence-electron chi connectivity index (χ0n) is 12.6. The number of phosphoric acid groups is 1. The Morgan fingerprint density at radius 3 is 2.32 bits per heavy atom. The van der Waals surface area contributed by atoms with Crippen molar-refractivity contribution >= 4 is 7.82 Å². The van der Waals surface area contributed by atoms with Gasteiger partial charge in [-0.1, -0.05) is 38.3 Å². The van der Waals surface area contributed by atoms with Crippen LogP contribution in [0.25, 0.3) is 0 Å². The predicted molar refractivity (Wildman–Crippen MR) is 77.7 cm³/mol. The predicted octanol–water partition coefficient (Wildman–Crippen LogP) is 2.70. The number of rotatable bonds is 10. The molecule has 5 nitrogen and oxygen atoms in total. The van der Waals surface area contributed by atoms with Gasteiger partial charge in [-0.25, -0.2) is 4.57 Å². The fourth-order valence-electron chi connectivity index (χ4n) is 1.78. The van der Waals surface area contributed by atoms with Crippen LogP contribution >= 0.6 is 7.82 Å². The van der Waals surface area contributed by atoms with Gasteiger partial charge in [0.15, 0.2) is 0 Å². The smallest absolute Gasteiger partial charge is 0.328 e. The van der Waals surface area contributed by atoms with E-state index in [1.165, 1.54) is 19.3 Å². The molecule has 0 heterocycles. The van der Waals surface area contributed by atoms with Gasteiger partial charge in [0.05, 0.1) is 21.1 Å². The first-order valence-electron chi connectivity index (χ1n) is 6.85. The Balaban J connectivity index is 4.26. The minimum atomic E-state index is -4.44. The maximum Gasteiger partial charge on any atom is 0.470 e. The number of hydrogen-bond donors (Lipinski definition) is 2. The van der Waals surface area contributed by atoms with Crippen molar-refractivity contribution in [2.45, 2.75) is 45.1 Å². The lowest BCUT2D eigenvalue weighted by Gasteiger charge is -2.27. The maximum absolute atomic E-state index is 10.9. The molecule has 0 aliphatic rings. The van der Waals surface area contributed by atoms with Crippen LogP contribution < -0.4 is 0 Å². The number of likely N-dealkylation sites (N-methyl/N-ethyl adjacent to an activating group) is 1. The van der Waals surface area contributed by atoms with Crippen LogP contribution in [0.4, 0.5) is 0 Å². The molecular formula is C13H29NO4P+. The topological polar surface area (TPSA) is 66.8 Å². The lowest BCUT2D eigenvalue weighted by atomic mass is 10.1. The molecule has 1 unspecified atom stereocenters. The minimum Gasteiger partial charge on any atom is -0.328 e. The van der Waals surface area contributed by atoms with Gasteiger partial charge in [-0.3, -0.25) is 4.52 Å². The molecule has 0 aromatic heterocycles. The van der Waals surface area contributed by atoms with Crippen molar-refractivity contribution in [1.82, 2.24) is 0 Å². The van der Waals surface area contributed by atoms with Crippen molar-refractivity contribution in [3.05, 3.63) is 12.2 Å². The van der Waals surface area contributed by atoms with Gasteiger partial charge in [0, 0.05) is 0 Å². The third-order valence-corrected chi connectivity index (χ3v) is 3.12. The molecule has 0 amide bonds. The van der Waals surface area contributed by atoms with Crippen molar-refractivity contribution in [2.75, 3.05) is 27.7 Å². The Kier molecular flexibility index (Phi) is 8.79. The number of quaternary nitrogens is 1. The van der Waals surface area contributed by atoms with Crippen molar-refractivity contribution < 1.29 is 23.4 Å². The first kappa shape index (κ1) is 18.8. The van der Waals surface area contributed by atoms with E-state index in [0.29, 0.717) is 11.0 Å². The largest absolute Gasteiger partial charge is 0.470 e. The first-order chi connectivity index (χ1) is 8.64. The van der Waals surface area contributed by atoms with E-state index >= 15 is 0 Å². The number of hydrogen-bond acceptors (Lipinski definition) is 2. The number of unbranched alkanes of at least 4 members (excludes halogenated alkanes) is 4. The van der Waals surface area contributed by atoms with E-state index in [0.717, 1.165) is 12.8 Å². The van der Waals surface area contributed by atoms with Gasteiger partial charge in [0.2, 0.25) is 0 Å². The fraction of sp³-hybridized carbons (Fsp3) is 0.846. The molecule has 114 valence electrons. The molecule has 0 saturated heterocycles. The Hall–Kier alpha value is -0.190. The molecule has 0 aromatic carbocycles. The summed E-state index contributed by atoms with van der Waals surface area (Å²) < 4.78 is 16.3. The molecular weight excluding hydrogens is 265 g/mol. The highest BCUT2D eigenvalue weighted by atomic mass is 31.2. The summed E-state index contributed by atoms with van der Waals surface area (Å²) >= 11 is 0. The third kappa shape index (κ3) is 14.0. The van der Waals surface area contributed by atoms with E-state index in [1.54, 1.807) is 6.08 Å². The summed E-state index contributed by atoms with van der Waals surface area (Å²) in [5.41, 5.74) is 0. The highest BCUT2D eigenvalue weighted by Gasteiger charge is 2.24. The molecule has 0 aliphatic heterocycles. The lowest BCUT2D eigenvalue weighted by Crippen LogP contribution is -2.41. The average Bonchev–Trinajstić information content (AvgIpc) is 2.18. The second-order valence-electron chi connectivity index (χ2n) is 5.88. The standard InChI is InChI=1S/C13H28NO4P/c1-5-6-7-8-9-10-11-13(12-14(2,3)4)18-19(15,16)17/h10-11,13H,5-9,12H2,1-4H3,(H-,15,16,17)/p+1. The average molecular weight is 294 g/mol. The zero-order valence-corrected chi connectivity index (χ0v) is 13.5. The second kappa shape index (κ2) is 8.88. The zero-order chi connectivity index (χ0) is 14.9. The summed E-state index contributed by atoms with van der Waals surface area (Å²) in [4.78, 5) is 17.8. The Labute approximate surface area is 117 Å². The summed E-state index contributed by atoms with van der Waals surface area (Å²) in [6, 6.07) is 0. The summed E-state index contributed by atoms with van der Waals surface area (Å²) in [5.74, 6) is 0. The molecule has 0 fully saturated rings. The van der Waals surface area contributed by atoms with Crippen LogP contribution in [0.15, 0.2) is 12.2 Å². The Morgan fingerprint density at radius 1 is 1.21 bits per heavy atom. The molecule has 2 N–H and O–H groups in total.